The third-order valence-electron chi connectivity index (χ3n) is 3.20. The number of carbonyl (C=O) groups excluding carboxylic acids is 1. The van der Waals surface area contributed by atoms with Crippen molar-refractivity contribution in [2.24, 2.45) is 0 Å². The Bertz CT molecular complexity index is 504. The number of nitrogens with two attached hydrogens (primary N) is 1. The van der Waals surface area contributed by atoms with Crippen LogP contribution in [0.5, 0.6) is 5.75 Å². The lowest BCUT2D eigenvalue weighted by molar-refractivity contribution is 0.00846. The molecule has 7 heteroatoms. The Labute approximate surface area is 128 Å². The van der Waals surface area contributed by atoms with Crippen molar-refractivity contribution in [2.45, 2.75) is 19.4 Å². The van der Waals surface area contributed by atoms with Gasteiger partial charge in [-0.3, -0.25) is 10.1 Å². The van der Waals surface area contributed by atoms with E-state index >= 15 is 0 Å². The van der Waals surface area contributed by atoms with E-state index < -0.39 is 0 Å². The minimum Gasteiger partial charge on any atom is -0.493 e. The minimum atomic E-state index is -0.248. The van der Waals surface area contributed by atoms with E-state index in [9.17, 15) is 4.79 Å². The third-order valence-corrected chi connectivity index (χ3v) is 3.53. The second-order valence-corrected chi connectivity index (χ2v) is 5.14. The average molecular weight is 314 g/mol. The first-order valence-electron chi connectivity index (χ1n) is 6.94. The van der Waals surface area contributed by atoms with Gasteiger partial charge in [-0.05, 0) is 26.0 Å². The normalized spacial score (nSPS) is 18.3. The van der Waals surface area contributed by atoms with Gasteiger partial charge in [0.2, 0.25) is 0 Å². The predicted octanol–water partition coefficient (Wildman–Crippen LogP) is 1.39. The van der Waals surface area contributed by atoms with Crippen molar-refractivity contribution in [2.75, 3.05) is 32.2 Å². The van der Waals surface area contributed by atoms with Crippen LogP contribution in [0.3, 0.4) is 0 Å². The fourth-order valence-corrected chi connectivity index (χ4v) is 2.24. The minimum absolute atomic E-state index is 0.0231. The van der Waals surface area contributed by atoms with Crippen LogP contribution in [0.15, 0.2) is 12.1 Å². The number of amides is 1. The van der Waals surface area contributed by atoms with Crippen LogP contribution in [-0.4, -0.2) is 38.4 Å². The maximum absolute atomic E-state index is 12.3. The van der Waals surface area contributed by atoms with Gasteiger partial charge in [0.1, 0.15) is 5.75 Å². The van der Waals surface area contributed by atoms with Crippen LogP contribution in [0.4, 0.5) is 5.69 Å². The Kier molecular flexibility index (Phi) is 5.67. The van der Waals surface area contributed by atoms with Gasteiger partial charge in [0.15, 0.2) is 0 Å². The van der Waals surface area contributed by atoms with E-state index in [1.54, 1.807) is 6.07 Å². The van der Waals surface area contributed by atoms with Gasteiger partial charge in [-0.1, -0.05) is 11.6 Å². The summed E-state index contributed by atoms with van der Waals surface area (Å²) in [6.07, 6.45) is 0.885. The Balaban J connectivity index is 2.04. The summed E-state index contributed by atoms with van der Waals surface area (Å²) >= 11 is 5.99. The fourth-order valence-electron chi connectivity index (χ4n) is 2.08. The quantitative estimate of drug-likeness (QED) is 0.715. The molecule has 1 amide bonds. The van der Waals surface area contributed by atoms with Gasteiger partial charge in [-0.15, -0.1) is 0 Å². The summed E-state index contributed by atoms with van der Waals surface area (Å²) in [6, 6.07) is 3.10. The zero-order valence-electron chi connectivity index (χ0n) is 11.9. The number of ether oxygens (including phenoxy) is 2. The molecule has 2 rings (SSSR count). The van der Waals surface area contributed by atoms with Crippen molar-refractivity contribution in [3.05, 3.63) is 22.7 Å². The Morgan fingerprint density at radius 1 is 1.62 bits per heavy atom. The van der Waals surface area contributed by atoms with Crippen molar-refractivity contribution < 1.29 is 14.3 Å². The van der Waals surface area contributed by atoms with E-state index in [0.717, 1.165) is 13.0 Å². The summed E-state index contributed by atoms with van der Waals surface area (Å²) in [5.74, 6) is 0.186. The summed E-state index contributed by atoms with van der Waals surface area (Å²) in [4.78, 5) is 12.3. The van der Waals surface area contributed by atoms with Gasteiger partial charge < -0.3 is 20.5 Å². The van der Waals surface area contributed by atoms with Gasteiger partial charge in [0.05, 0.1) is 35.7 Å². The predicted molar refractivity (Wildman–Crippen MR) is 81.7 cm³/mol. The van der Waals surface area contributed by atoms with Gasteiger partial charge in [-0.25, -0.2) is 0 Å². The molecule has 6 nitrogen and oxygen atoms in total. The highest BCUT2D eigenvalue weighted by atomic mass is 35.5. The molecule has 4 N–H and O–H groups in total. The molecule has 21 heavy (non-hydrogen) atoms. The van der Waals surface area contributed by atoms with Gasteiger partial charge in [-0.2, -0.15) is 0 Å². The molecule has 1 atom stereocenters. The van der Waals surface area contributed by atoms with E-state index in [2.05, 4.69) is 10.6 Å². The second-order valence-electron chi connectivity index (χ2n) is 4.73. The average Bonchev–Trinajstić information content (AvgIpc) is 2.49. The van der Waals surface area contributed by atoms with Crippen LogP contribution < -0.4 is 21.1 Å². The monoisotopic (exact) mass is 313 g/mol. The molecule has 0 spiro atoms. The maximum atomic E-state index is 12.3. The Hall–Kier alpha value is -1.50. The molecule has 1 aromatic rings. The largest absolute Gasteiger partial charge is 0.493 e. The lowest BCUT2D eigenvalue weighted by atomic mass is 10.1. The number of rotatable bonds is 5. The topological polar surface area (TPSA) is 85.6 Å². The molecule has 0 saturated carbocycles. The van der Waals surface area contributed by atoms with Crippen molar-refractivity contribution in [3.63, 3.8) is 0 Å². The molecule has 0 bridgehead atoms. The molecule has 1 unspecified atom stereocenters. The van der Waals surface area contributed by atoms with Crippen molar-refractivity contribution in [3.8, 4) is 5.75 Å². The molecular formula is C14H20ClN3O3. The van der Waals surface area contributed by atoms with Crippen molar-refractivity contribution >= 4 is 23.2 Å². The van der Waals surface area contributed by atoms with Crippen LogP contribution in [0.1, 0.15) is 23.7 Å². The number of carbonyl (C=O) groups is 1. The SMILES string of the molecule is CCOc1cc(N)c(Cl)cc1C(=O)NCC1CCNCO1. The highest BCUT2D eigenvalue weighted by molar-refractivity contribution is 6.33. The molecule has 0 radical (unpaired) electrons. The van der Waals surface area contributed by atoms with Crippen molar-refractivity contribution in [1.82, 2.24) is 10.6 Å². The van der Waals surface area contributed by atoms with Crippen LogP contribution in [-0.2, 0) is 4.74 Å². The zero-order chi connectivity index (χ0) is 15.2. The fraction of sp³-hybridized carbons (Fsp3) is 0.500. The lowest BCUT2D eigenvalue weighted by Crippen LogP contribution is -2.41. The number of nitrogen functional groups attached to an aromatic ring is 1. The molecule has 1 heterocycles. The summed E-state index contributed by atoms with van der Waals surface area (Å²) in [7, 11) is 0. The van der Waals surface area contributed by atoms with E-state index in [0.29, 0.717) is 41.9 Å². The molecular weight excluding hydrogens is 294 g/mol. The first-order chi connectivity index (χ1) is 10.1. The summed E-state index contributed by atoms with van der Waals surface area (Å²) in [6.45, 7) is 4.14. The second kappa shape index (κ2) is 7.49. The van der Waals surface area contributed by atoms with Gasteiger partial charge in [0, 0.05) is 12.6 Å². The number of anilines is 1. The Morgan fingerprint density at radius 3 is 3.10 bits per heavy atom. The molecule has 0 aromatic heterocycles. The summed E-state index contributed by atoms with van der Waals surface area (Å²) in [5.41, 5.74) is 6.51. The molecule has 116 valence electrons. The first kappa shape index (κ1) is 15.9. The number of benzene rings is 1. The van der Waals surface area contributed by atoms with E-state index in [4.69, 9.17) is 26.8 Å². The number of hydrogen-bond acceptors (Lipinski definition) is 5. The maximum Gasteiger partial charge on any atom is 0.255 e. The van der Waals surface area contributed by atoms with Crippen LogP contribution in [0, 0.1) is 0 Å². The van der Waals surface area contributed by atoms with Gasteiger partial charge >= 0.3 is 0 Å². The molecule has 1 aromatic carbocycles. The highest BCUT2D eigenvalue weighted by Crippen LogP contribution is 2.29. The summed E-state index contributed by atoms with van der Waals surface area (Å²) in [5, 5.41) is 6.27. The van der Waals surface area contributed by atoms with E-state index in [1.807, 2.05) is 6.92 Å². The first-order valence-corrected chi connectivity index (χ1v) is 7.32. The van der Waals surface area contributed by atoms with Crippen LogP contribution in [0.2, 0.25) is 5.02 Å². The molecule has 1 fully saturated rings. The number of halogens is 1. The zero-order valence-corrected chi connectivity index (χ0v) is 12.7. The van der Waals surface area contributed by atoms with Crippen molar-refractivity contribution in [1.29, 1.82) is 0 Å². The van der Waals surface area contributed by atoms with Gasteiger partial charge in [0.25, 0.3) is 5.91 Å². The molecule has 1 aliphatic rings. The standard InChI is InChI=1S/C14H20ClN3O3/c1-2-20-13-6-12(16)11(15)5-10(13)14(19)18-7-9-3-4-17-8-21-9/h5-6,9,17H,2-4,7-8,16H2,1H3,(H,18,19). The van der Waals surface area contributed by atoms with E-state index in [1.165, 1.54) is 6.07 Å². The smallest absolute Gasteiger partial charge is 0.255 e. The Morgan fingerprint density at radius 2 is 2.43 bits per heavy atom. The summed E-state index contributed by atoms with van der Waals surface area (Å²) < 4.78 is 10.9. The van der Waals surface area contributed by atoms with Crippen LogP contribution in [0.25, 0.3) is 0 Å². The molecule has 1 aliphatic heterocycles. The lowest BCUT2D eigenvalue weighted by Gasteiger charge is -2.23. The third kappa shape index (κ3) is 4.23. The molecule has 0 aliphatic carbocycles. The highest BCUT2D eigenvalue weighted by Gasteiger charge is 2.18. The van der Waals surface area contributed by atoms with Crippen LogP contribution >= 0.6 is 11.6 Å². The number of hydrogen-bond donors (Lipinski definition) is 3. The number of nitrogens with one attached hydrogen (secondary N) is 2. The molecule has 1 saturated heterocycles. The van der Waals surface area contributed by atoms with E-state index in [-0.39, 0.29) is 12.0 Å².